The lowest BCUT2D eigenvalue weighted by Gasteiger charge is -2.34. The van der Waals surface area contributed by atoms with E-state index >= 15 is 0 Å². The first-order chi connectivity index (χ1) is 26.5. The topological polar surface area (TPSA) is 16.4 Å². The molecule has 0 aliphatic heterocycles. The van der Waals surface area contributed by atoms with E-state index in [0.717, 1.165) is 40.8 Å². The summed E-state index contributed by atoms with van der Waals surface area (Å²) in [6.07, 6.45) is 19.9. The van der Waals surface area contributed by atoms with Crippen LogP contribution in [0.3, 0.4) is 0 Å². The molecule has 2 nitrogen and oxygen atoms in total. The van der Waals surface area contributed by atoms with Crippen LogP contribution >= 0.6 is 11.3 Å². The maximum absolute atomic E-state index is 6.14. The molecule has 2 atom stereocenters. The molecule has 0 fully saturated rings. The van der Waals surface area contributed by atoms with Crippen molar-refractivity contribution in [1.29, 1.82) is 0 Å². The van der Waals surface area contributed by atoms with Crippen LogP contribution in [-0.2, 0) is 0 Å². The Bertz CT molecular complexity index is 2710. The lowest BCUT2D eigenvalue weighted by Crippen LogP contribution is -2.23. The largest absolute Gasteiger partial charge is 0.456 e. The van der Waals surface area contributed by atoms with Crippen LogP contribution in [0.5, 0.6) is 0 Å². The van der Waals surface area contributed by atoms with Gasteiger partial charge in [0, 0.05) is 48.7 Å². The van der Waals surface area contributed by atoms with Crippen LogP contribution in [0.4, 0.5) is 11.4 Å². The molecule has 54 heavy (non-hydrogen) atoms. The van der Waals surface area contributed by atoms with Crippen molar-refractivity contribution in [3.05, 3.63) is 179 Å². The van der Waals surface area contributed by atoms with E-state index in [1.807, 2.05) is 18.2 Å². The van der Waals surface area contributed by atoms with E-state index in [4.69, 9.17) is 4.42 Å². The van der Waals surface area contributed by atoms with Crippen LogP contribution in [0.2, 0.25) is 0 Å². The first-order valence-corrected chi connectivity index (χ1v) is 19.8. The molecule has 0 radical (unpaired) electrons. The first-order valence-electron chi connectivity index (χ1n) is 19.0. The number of furan rings is 1. The summed E-state index contributed by atoms with van der Waals surface area (Å²) in [5.41, 5.74) is 14.3. The standard InChI is InChI=1S/C51H43NOS/c1-5-10-44-46-32-39(21-28-51(46)54-50(44)6-2)36-17-24-42(25-18-36)52(41-22-15-35(16-23-41)37-12-9-11-33(3)29-37)47-26-19-38(30-34(47)4)40-20-27-49-45(31-40)43-13-7-8-14-48(43)53-49/h5-10,12-29,31-34H,2,11,30H2,1,3-4H3/b10-5-. The van der Waals surface area contributed by atoms with Gasteiger partial charge in [0.05, 0.1) is 0 Å². The molecule has 2 aliphatic rings. The number of nitrogens with zero attached hydrogens (tertiary/aromatic N) is 1. The number of thiophene rings is 1. The first kappa shape index (κ1) is 33.9. The van der Waals surface area contributed by atoms with Gasteiger partial charge in [-0.15, -0.1) is 11.3 Å². The Morgan fingerprint density at radius 1 is 0.741 bits per heavy atom. The molecule has 0 amide bonds. The van der Waals surface area contributed by atoms with Gasteiger partial charge in [0.2, 0.25) is 0 Å². The van der Waals surface area contributed by atoms with Gasteiger partial charge in [0.25, 0.3) is 0 Å². The quantitative estimate of drug-likeness (QED) is 0.156. The summed E-state index contributed by atoms with van der Waals surface area (Å²) in [6.45, 7) is 10.8. The molecule has 0 saturated carbocycles. The van der Waals surface area contributed by atoms with Crippen molar-refractivity contribution in [3.8, 4) is 11.1 Å². The molecule has 3 heteroatoms. The van der Waals surface area contributed by atoms with E-state index < -0.39 is 0 Å². The van der Waals surface area contributed by atoms with Gasteiger partial charge in [0.15, 0.2) is 0 Å². The summed E-state index contributed by atoms with van der Waals surface area (Å²) >= 11 is 1.80. The zero-order chi connectivity index (χ0) is 36.8. The Hall–Kier alpha value is -5.90. The molecule has 0 N–H and O–H groups in total. The number of fused-ring (bicyclic) bond motifs is 4. The molecule has 264 valence electrons. The fourth-order valence-corrected chi connectivity index (χ4v) is 9.20. The second-order valence-corrected chi connectivity index (χ2v) is 15.7. The molecular formula is C51H43NOS. The normalized spacial score (nSPS) is 17.3. The maximum Gasteiger partial charge on any atom is 0.135 e. The molecule has 9 rings (SSSR count). The van der Waals surface area contributed by atoms with Gasteiger partial charge < -0.3 is 9.32 Å². The molecule has 5 aromatic carbocycles. The fourth-order valence-electron chi connectivity index (χ4n) is 8.18. The average molecular weight is 718 g/mol. The predicted octanol–water partition coefficient (Wildman–Crippen LogP) is 15.3. The molecule has 2 heterocycles. The zero-order valence-corrected chi connectivity index (χ0v) is 31.9. The minimum Gasteiger partial charge on any atom is -0.456 e. The Balaban J connectivity index is 1.10. The number of hydrogen-bond acceptors (Lipinski definition) is 3. The number of allylic oxidation sites excluding steroid dienone is 9. The maximum atomic E-state index is 6.14. The van der Waals surface area contributed by atoms with Gasteiger partial charge in [-0.1, -0.05) is 118 Å². The lowest BCUT2D eigenvalue weighted by atomic mass is 9.87. The van der Waals surface area contributed by atoms with E-state index in [1.165, 1.54) is 65.0 Å². The van der Waals surface area contributed by atoms with Gasteiger partial charge in [-0.2, -0.15) is 0 Å². The molecule has 0 bridgehead atoms. The van der Waals surface area contributed by atoms with Crippen LogP contribution in [0.25, 0.3) is 66.4 Å². The highest BCUT2D eigenvalue weighted by Gasteiger charge is 2.25. The summed E-state index contributed by atoms with van der Waals surface area (Å²) in [5, 5.41) is 3.61. The van der Waals surface area contributed by atoms with Crippen molar-refractivity contribution < 1.29 is 4.42 Å². The number of para-hydroxylation sites is 1. The number of benzene rings is 5. The SMILES string of the molecule is C=Cc1sc2ccc(-c3ccc(N(C4=CC=C(c5ccc6oc7ccccc7c6c5)CC4C)c4ccc(C5=CC(C)CC=C5)cc4)cc3)cc2c1/C=C\C. The minimum atomic E-state index is 0.288. The highest BCUT2D eigenvalue weighted by molar-refractivity contribution is 7.20. The summed E-state index contributed by atoms with van der Waals surface area (Å²) in [7, 11) is 0. The Morgan fingerprint density at radius 3 is 2.19 bits per heavy atom. The van der Waals surface area contributed by atoms with Crippen LogP contribution in [0.1, 0.15) is 55.2 Å². The van der Waals surface area contributed by atoms with Crippen LogP contribution in [0.15, 0.2) is 162 Å². The van der Waals surface area contributed by atoms with Gasteiger partial charge in [0.1, 0.15) is 11.2 Å². The van der Waals surface area contributed by atoms with Crippen LogP contribution < -0.4 is 4.90 Å². The van der Waals surface area contributed by atoms with Gasteiger partial charge >= 0.3 is 0 Å². The molecule has 0 spiro atoms. The van der Waals surface area contributed by atoms with E-state index in [9.17, 15) is 0 Å². The van der Waals surface area contributed by atoms with Crippen molar-refractivity contribution in [2.75, 3.05) is 4.90 Å². The molecule has 2 aliphatic carbocycles. The van der Waals surface area contributed by atoms with Crippen molar-refractivity contribution in [2.45, 2.75) is 33.6 Å². The molecule has 2 unspecified atom stereocenters. The summed E-state index contributed by atoms with van der Waals surface area (Å²) < 4.78 is 7.42. The Labute approximate surface area is 322 Å². The van der Waals surface area contributed by atoms with E-state index in [0.29, 0.717) is 5.92 Å². The summed E-state index contributed by atoms with van der Waals surface area (Å²) in [5.74, 6) is 0.845. The van der Waals surface area contributed by atoms with Crippen molar-refractivity contribution in [1.82, 2.24) is 0 Å². The third kappa shape index (κ3) is 6.19. The molecule has 7 aromatic rings. The minimum absolute atomic E-state index is 0.288. The lowest BCUT2D eigenvalue weighted by molar-refractivity contribution is 0.668. The molecule has 2 aromatic heterocycles. The Morgan fingerprint density at radius 2 is 1.44 bits per heavy atom. The number of hydrogen-bond donors (Lipinski definition) is 0. The second-order valence-electron chi connectivity index (χ2n) is 14.7. The molecule has 0 saturated heterocycles. The van der Waals surface area contributed by atoms with Crippen molar-refractivity contribution >= 4 is 78.0 Å². The molecular weight excluding hydrogens is 675 g/mol. The average Bonchev–Trinajstić information content (AvgIpc) is 3.76. The monoisotopic (exact) mass is 717 g/mol. The zero-order valence-electron chi connectivity index (χ0n) is 31.1. The predicted molar refractivity (Wildman–Crippen MR) is 235 cm³/mol. The van der Waals surface area contributed by atoms with E-state index in [2.05, 4.69) is 172 Å². The summed E-state index contributed by atoms with van der Waals surface area (Å²) in [4.78, 5) is 3.67. The fraction of sp³-hybridized carbons (Fsp3) is 0.137. The van der Waals surface area contributed by atoms with E-state index in [1.54, 1.807) is 11.3 Å². The van der Waals surface area contributed by atoms with Gasteiger partial charge in [-0.25, -0.2) is 0 Å². The van der Waals surface area contributed by atoms with Crippen molar-refractivity contribution in [3.63, 3.8) is 0 Å². The van der Waals surface area contributed by atoms with Gasteiger partial charge in [-0.3, -0.25) is 0 Å². The Kier molecular flexibility index (Phi) is 8.89. The third-order valence-electron chi connectivity index (χ3n) is 11.0. The van der Waals surface area contributed by atoms with E-state index in [-0.39, 0.29) is 5.92 Å². The van der Waals surface area contributed by atoms with Crippen LogP contribution in [-0.4, -0.2) is 0 Å². The second kappa shape index (κ2) is 14.2. The van der Waals surface area contributed by atoms with Crippen molar-refractivity contribution in [2.24, 2.45) is 11.8 Å². The summed E-state index contributed by atoms with van der Waals surface area (Å²) in [6, 6.07) is 40.0. The number of rotatable bonds is 8. The smallest absolute Gasteiger partial charge is 0.135 e. The van der Waals surface area contributed by atoms with Gasteiger partial charge in [-0.05, 0) is 125 Å². The third-order valence-corrected chi connectivity index (χ3v) is 12.1. The highest BCUT2D eigenvalue weighted by Crippen LogP contribution is 2.42. The van der Waals surface area contributed by atoms with Crippen LogP contribution in [0, 0.1) is 11.8 Å². The number of anilines is 2. The highest BCUT2D eigenvalue weighted by atomic mass is 32.1.